The molecule has 1 atom stereocenters. The molecule has 1 N–H and O–H groups in total. The second-order valence-electron chi connectivity index (χ2n) is 7.27. The largest absolute Gasteiger partial charge is 0.465 e. The van der Waals surface area contributed by atoms with Crippen LogP contribution in [0.25, 0.3) is 0 Å². The van der Waals surface area contributed by atoms with E-state index in [1.165, 1.54) is 0 Å². The first-order chi connectivity index (χ1) is 10.9. The van der Waals surface area contributed by atoms with E-state index in [0.717, 1.165) is 57.0 Å². The molecule has 5 nitrogen and oxygen atoms in total. The summed E-state index contributed by atoms with van der Waals surface area (Å²) in [5, 5.41) is 3.42. The van der Waals surface area contributed by atoms with E-state index in [-0.39, 0.29) is 6.09 Å². The number of rotatable bonds is 6. The second kappa shape index (κ2) is 7.86. The molecule has 1 aliphatic heterocycles. The highest BCUT2D eigenvalue weighted by molar-refractivity contribution is 5.68. The van der Waals surface area contributed by atoms with Crippen LogP contribution < -0.4 is 5.32 Å². The van der Waals surface area contributed by atoms with Gasteiger partial charge in [-0.25, -0.2) is 4.79 Å². The zero-order valence-corrected chi connectivity index (χ0v) is 14.9. The third kappa shape index (κ3) is 5.90. The van der Waals surface area contributed by atoms with Crippen LogP contribution >= 0.6 is 0 Å². The summed E-state index contributed by atoms with van der Waals surface area (Å²) in [6.45, 7) is 11.1. The number of aryl methyl sites for hydroxylation is 1. The Hall–Kier alpha value is -1.49. The van der Waals surface area contributed by atoms with E-state index >= 15 is 0 Å². The first-order valence-electron chi connectivity index (χ1n) is 8.63. The summed E-state index contributed by atoms with van der Waals surface area (Å²) in [4.78, 5) is 13.9. The zero-order chi connectivity index (χ0) is 16.9. The molecule has 0 radical (unpaired) electrons. The van der Waals surface area contributed by atoms with Crippen LogP contribution in [0.1, 0.15) is 52.1 Å². The van der Waals surface area contributed by atoms with Crippen LogP contribution in [-0.2, 0) is 17.7 Å². The molecular formula is C18H30N2O3. The van der Waals surface area contributed by atoms with Gasteiger partial charge >= 0.3 is 6.09 Å². The second-order valence-corrected chi connectivity index (χ2v) is 7.27. The molecule has 0 aromatic carbocycles. The van der Waals surface area contributed by atoms with Crippen molar-refractivity contribution in [2.75, 3.05) is 19.6 Å². The molecule has 1 unspecified atom stereocenters. The average molecular weight is 322 g/mol. The minimum absolute atomic E-state index is 0.185. The minimum Gasteiger partial charge on any atom is -0.465 e. The van der Waals surface area contributed by atoms with Crippen LogP contribution in [0.5, 0.6) is 0 Å². The molecule has 2 heterocycles. The Morgan fingerprint density at radius 1 is 1.39 bits per heavy atom. The Labute approximate surface area is 139 Å². The van der Waals surface area contributed by atoms with Gasteiger partial charge in [-0.2, -0.15) is 0 Å². The highest BCUT2D eigenvalue weighted by Crippen LogP contribution is 2.21. The highest BCUT2D eigenvalue weighted by atomic mass is 16.6. The SMILES string of the molecule is CCc1ccc(CNCCC2CCN(C(=O)OC(C)(C)C)C2)o1. The third-order valence-corrected chi connectivity index (χ3v) is 4.03. The summed E-state index contributed by atoms with van der Waals surface area (Å²) >= 11 is 0. The summed E-state index contributed by atoms with van der Waals surface area (Å²) in [7, 11) is 0. The predicted octanol–water partition coefficient (Wildman–Crippen LogP) is 3.58. The normalized spacial score (nSPS) is 18.4. The van der Waals surface area contributed by atoms with Gasteiger partial charge in [0.15, 0.2) is 0 Å². The summed E-state index contributed by atoms with van der Waals surface area (Å²) < 4.78 is 11.1. The monoisotopic (exact) mass is 322 g/mol. The van der Waals surface area contributed by atoms with Gasteiger partial charge in [0.05, 0.1) is 6.54 Å². The lowest BCUT2D eigenvalue weighted by Gasteiger charge is -2.24. The maximum atomic E-state index is 12.0. The average Bonchev–Trinajstić information content (AvgIpc) is 3.11. The lowest BCUT2D eigenvalue weighted by Crippen LogP contribution is -2.35. The van der Waals surface area contributed by atoms with Gasteiger partial charge in [0.25, 0.3) is 0 Å². The van der Waals surface area contributed by atoms with Crippen molar-refractivity contribution in [2.24, 2.45) is 5.92 Å². The van der Waals surface area contributed by atoms with Crippen molar-refractivity contribution in [1.82, 2.24) is 10.2 Å². The topological polar surface area (TPSA) is 54.7 Å². The fourth-order valence-corrected chi connectivity index (χ4v) is 2.79. The fraction of sp³-hybridized carbons (Fsp3) is 0.722. The first kappa shape index (κ1) is 17.9. The molecule has 1 amide bonds. The van der Waals surface area contributed by atoms with Crippen LogP contribution in [0.4, 0.5) is 4.79 Å². The number of nitrogens with zero attached hydrogens (tertiary/aromatic N) is 1. The Balaban J connectivity index is 1.63. The maximum Gasteiger partial charge on any atom is 0.410 e. The quantitative estimate of drug-likeness (QED) is 0.813. The molecule has 23 heavy (non-hydrogen) atoms. The fourth-order valence-electron chi connectivity index (χ4n) is 2.79. The van der Waals surface area contributed by atoms with Gasteiger partial charge in [0.2, 0.25) is 0 Å². The number of ether oxygens (including phenoxy) is 1. The highest BCUT2D eigenvalue weighted by Gasteiger charge is 2.29. The maximum absolute atomic E-state index is 12.0. The first-order valence-corrected chi connectivity index (χ1v) is 8.63. The molecule has 1 aromatic rings. The van der Waals surface area contributed by atoms with E-state index in [0.29, 0.717) is 5.92 Å². The molecule has 1 aliphatic rings. The van der Waals surface area contributed by atoms with Crippen molar-refractivity contribution in [3.63, 3.8) is 0 Å². The number of furan rings is 1. The van der Waals surface area contributed by atoms with Crippen LogP contribution in [-0.4, -0.2) is 36.2 Å². The van der Waals surface area contributed by atoms with Gasteiger partial charge in [-0.3, -0.25) is 0 Å². The van der Waals surface area contributed by atoms with E-state index in [1.807, 2.05) is 37.8 Å². The minimum atomic E-state index is -0.420. The lowest BCUT2D eigenvalue weighted by molar-refractivity contribution is 0.0287. The number of carbonyl (C=O) groups excluding carboxylic acids is 1. The number of likely N-dealkylation sites (tertiary alicyclic amines) is 1. The van der Waals surface area contributed by atoms with Crippen molar-refractivity contribution < 1.29 is 13.9 Å². The van der Waals surface area contributed by atoms with E-state index < -0.39 is 5.60 Å². The van der Waals surface area contributed by atoms with Crippen LogP contribution in [0, 0.1) is 5.92 Å². The molecule has 1 fully saturated rings. The van der Waals surface area contributed by atoms with Crippen molar-refractivity contribution in [3.05, 3.63) is 23.7 Å². The predicted molar refractivity (Wildman–Crippen MR) is 90.3 cm³/mol. The van der Waals surface area contributed by atoms with Gasteiger partial charge in [-0.15, -0.1) is 0 Å². The Morgan fingerprint density at radius 2 is 2.13 bits per heavy atom. The molecular weight excluding hydrogens is 292 g/mol. The Kier molecular flexibility index (Phi) is 6.10. The number of nitrogens with one attached hydrogen (secondary N) is 1. The van der Waals surface area contributed by atoms with Crippen molar-refractivity contribution in [1.29, 1.82) is 0 Å². The summed E-state index contributed by atoms with van der Waals surface area (Å²) in [5.74, 6) is 2.58. The van der Waals surface area contributed by atoms with Gasteiger partial charge in [0, 0.05) is 19.5 Å². The number of carbonyl (C=O) groups is 1. The zero-order valence-electron chi connectivity index (χ0n) is 14.9. The Bertz CT molecular complexity index is 505. The van der Waals surface area contributed by atoms with Gasteiger partial charge in [-0.1, -0.05) is 6.92 Å². The van der Waals surface area contributed by atoms with Gasteiger partial charge in [-0.05, 0) is 58.2 Å². The van der Waals surface area contributed by atoms with E-state index in [4.69, 9.17) is 9.15 Å². The molecule has 2 rings (SSSR count). The summed E-state index contributed by atoms with van der Waals surface area (Å²) in [6.07, 6.45) is 2.88. The van der Waals surface area contributed by atoms with Crippen molar-refractivity contribution in [2.45, 2.75) is 59.1 Å². The summed E-state index contributed by atoms with van der Waals surface area (Å²) in [5.41, 5.74) is -0.420. The molecule has 0 spiro atoms. The van der Waals surface area contributed by atoms with Crippen LogP contribution in [0.15, 0.2) is 16.5 Å². The number of hydrogen-bond acceptors (Lipinski definition) is 4. The van der Waals surface area contributed by atoms with E-state index in [2.05, 4.69) is 12.2 Å². The van der Waals surface area contributed by atoms with Crippen LogP contribution in [0.2, 0.25) is 0 Å². The molecule has 0 aliphatic carbocycles. The molecule has 0 bridgehead atoms. The van der Waals surface area contributed by atoms with E-state index in [9.17, 15) is 4.79 Å². The smallest absolute Gasteiger partial charge is 0.410 e. The molecule has 130 valence electrons. The standard InChI is InChI=1S/C18H30N2O3/c1-5-15-6-7-16(22-15)12-19-10-8-14-9-11-20(13-14)17(21)23-18(2,3)4/h6-7,14,19H,5,8-13H2,1-4H3. The van der Waals surface area contributed by atoms with Gasteiger partial charge in [0.1, 0.15) is 17.1 Å². The lowest BCUT2D eigenvalue weighted by atomic mass is 10.1. The molecule has 0 saturated carbocycles. The number of amides is 1. The summed E-state index contributed by atoms with van der Waals surface area (Å²) in [6, 6.07) is 4.07. The van der Waals surface area contributed by atoms with Crippen molar-refractivity contribution in [3.8, 4) is 0 Å². The van der Waals surface area contributed by atoms with Crippen molar-refractivity contribution >= 4 is 6.09 Å². The molecule has 1 saturated heterocycles. The van der Waals surface area contributed by atoms with Crippen LogP contribution in [0.3, 0.4) is 0 Å². The third-order valence-electron chi connectivity index (χ3n) is 4.03. The van der Waals surface area contributed by atoms with E-state index in [1.54, 1.807) is 0 Å². The van der Waals surface area contributed by atoms with Gasteiger partial charge < -0.3 is 19.4 Å². The molecule has 1 aromatic heterocycles. The number of hydrogen-bond donors (Lipinski definition) is 1. The molecule has 5 heteroatoms. The Morgan fingerprint density at radius 3 is 2.78 bits per heavy atom.